The molecule has 2 aliphatic heterocycles. The highest BCUT2D eigenvalue weighted by Crippen LogP contribution is 2.67. The Bertz CT molecular complexity index is 1140. The van der Waals surface area contributed by atoms with Crippen LogP contribution in [0.3, 0.4) is 0 Å². The van der Waals surface area contributed by atoms with E-state index in [4.69, 9.17) is 14.0 Å². The van der Waals surface area contributed by atoms with E-state index >= 15 is 0 Å². The number of rotatable bonds is 3. The van der Waals surface area contributed by atoms with E-state index in [1.54, 1.807) is 27.0 Å². The Morgan fingerprint density at radius 2 is 1.74 bits per heavy atom. The maximum Gasteiger partial charge on any atom is 0.494 e. The summed E-state index contributed by atoms with van der Waals surface area (Å²) in [5, 5.41) is 0. The topological polar surface area (TPSA) is 76.7 Å². The van der Waals surface area contributed by atoms with Crippen molar-refractivity contribution in [3.63, 3.8) is 0 Å². The molecular formula is C25H32BF2N3O4. The van der Waals surface area contributed by atoms with Crippen molar-refractivity contribution in [1.82, 2.24) is 14.9 Å². The number of amides is 1. The molecule has 5 rings (SSSR count). The second kappa shape index (κ2) is 7.29. The molecule has 2 unspecified atom stereocenters. The molecule has 3 fully saturated rings. The number of carbonyl (C=O) groups excluding carboxylic acids is 1. The predicted octanol–water partition coefficient (Wildman–Crippen LogP) is 4.48. The quantitative estimate of drug-likeness (QED) is 0.647. The fraction of sp³-hybridized carbons (Fsp3) is 0.600. The maximum atomic E-state index is 14.7. The summed E-state index contributed by atoms with van der Waals surface area (Å²) < 4.78 is 47.0. The molecule has 0 spiro atoms. The van der Waals surface area contributed by atoms with Crippen molar-refractivity contribution in [3.8, 4) is 11.3 Å². The number of ether oxygens (including phenoxy) is 1. The van der Waals surface area contributed by atoms with Crippen LogP contribution in [-0.2, 0) is 19.6 Å². The maximum absolute atomic E-state index is 14.7. The lowest BCUT2D eigenvalue weighted by molar-refractivity contribution is -0.0266. The first kappa shape index (κ1) is 24.2. The molecule has 2 aromatic rings. The van der Waals surface area contributed by atoms with Gasteiger partial charge in [0, 0.05) is 0 Å². The highest BCUT2D eigenvalue weighted by atomic mass is 19.3. The van der Waals surface area contributed by atoms with Crippen molar-refractivity contribution >= 4 is 18.7 Å². The number of fused-ring (bicyclic) bond motifs is 1. The van der Waals surface area contributed by atoms with E-state index in [-0.39, 0.29) is 6.42 Å². The number of piperidine rings is 1. The van der Waals surface area contributed by atoms with Crippen LogP contribution in [0.4, 0.5) is 13.6 Å². The number of halogens is 2. The molecule has 1 N–H and O–H groups in total. The first-order chi connectivity index (χ1) is 16.1. The molecule has 2 atom stereocenters. The number of alkyl halides is 2. The Morgan fingerprint density at radius 1 is 1.14 bits per heavy atom. The average molecular weight is 487 g/mol. The number of hydrogen-bond donors (Lipinski definition) is 1. The zero-order chi connectivity index (χ0) is 25.6. The fourth-order valence-electron chi connectivity index (χ4n) is 4.93. The molecule has 1 aromatic carbocycles. The Kier molecular flexibility index (Phi) is 5.05. The number of hydrogen-bond acceptors (Lipinski definition) is 5. The molecular weight excluding hydrogens is 455 g/mol. The van der Waals surface area contributed by atoms with E-state index in [1.807, 2.05) is 52.0 Å². The summed E-state index contributed by atoms with van der Waals surface area (Å²) in [6.45, 7) is 12.5. The van der Waals surface area contributed by atoms with E-state index in [0.29, 0.717) is 11.5 Å². The lowest BCUT2D eigenvalue weighted by Gasteiger charge is -2.32. The van der Waals surface area contributed by atoms with Gasteiger partial charge in [-0.25, -0.2) is 18.6 Å². The lowest BCUT2D eigenvalue weighted by atomic mass is 9.79. The zero-order valence-corrected chi connectivity index (χ0v) is 21.2. The second-order valence-corrected chi connectivity index (χ2v) is 11.9. The van der Waals surface area contributed by atoms with Crippen molar-refractivity contribution < 1.29 is 27.6 Å². The van der Waals surface area contributed by atoms with Gasteiger partial charge in [-0.2, -0.15) is 0 Å². The minimum Gasteiger partial charge on any atom is -0.444 e. The highest BCUT2D eigenvalue weighted by molar-refractivity contribution is 6.62. The number of nitrogens with one attached hydrogen (secondary N) is 1. The summed E-state index contributed by atoms with van der Waals surface area (Å²) in [5.41, 5.74) is -0.415. The third-order valence-corrected chi connectivity index (χ3v) is 7.64. The SMILES string of the molecule is CC(C)(C)OC(=O)N1CC(F)(F)C2CC21c1ncc(-c2ccc(B3OC(C)(C)C(C)(C)O3)cc2)[nH]1. The Labute approximate surface area is 204 Å². The molecule has 1 saturated carbocycles. The van der Waals surface area contributed by atoms with Gasteiger partial charge in [-0.3, -0.25) is 4.90 Å². The van der Waals surface area contributed by atoms with Gasteiger partial charge < -0.3 is 19.0 Å². The molecule has 1 amide bonds. The first-order valence-corrected chi connectivity index (χ1v) is 12.0. The fourth-order valence-corrected chi connectivity index (χ4v) is 4.93. The van der Waals surface area contributed by atoms with Crippen LogP contribution in [0.1, 0.15) is 60.7 Å². The van der Waals surface area contributed by atoms with Gasteiger partial charge >= 0.3 is 13.2 Å². The van der Waals surface area contributed by atoms with Gasteiger partial charge in [0.25, 0.3) is 5.92 Å². The highest BCUT2D eigenvalue weighted by Gasteiger charge is 2.78. The van der Waals surface area contributed by atoms with Crippen molar-refractivity contribution in [1.29, 1.82) is 0 Å². The summed E-state index contributed by atoms with van der Waals surface area (Å²) in [4.78, 5) is 21.6. The third-order valence-electron chi connectivity index (χ3n) is 7.64. The summed E-state index contributed by atoms with van der Waals surface area (Å²) in [5.74, 6) is -3.61. The van der Waals surface area contributed by atoms with Crippen molar-refractivity contribution in [2.24, 2.45) is 5.92 Å². The third kappa shape index (κ3) is 3.85. The normalized spacial score (nSPS) is 28.2. The van der Waals surface area contributed by atoms with Gasteiger partial charge in [0.05, 0.1) is 35.6 Å². The van der Waals surface area contributed by atoms with E-state index in [2.05, 4.69) is 9.97 Å². The minimum absolute atomic E-state index is 0.146. The number of likely N-dealkylation sites (tertiary alicyclic amines) is 1. The van der Waals surface area contributed by atoms with Crippen LogP contribution in [0.2, 0.25) is 0 Å². The number of imidazole rings is 1. The average Bonchev–Trinajstić information content (AvgIpc) is 3.10. The van der Waals surface area contributed by atoms with Crippen LogP contribution >= 0.6 is 0 Å². The molecule has 0 bridgehead atoms. The molecule has 2 saturated heterocycles. The van der Waals surface area contributed by atoms with E-state index in [9.17, 15) is 13.6 Å². The first-order valence-electron chi connectivity index (χ1n) is 12.0. The van der Waals surface area contributed by atoms with Crippen molar-refractivity contribution in [2.45, 2.75) is 83.2 Å². The van der Waals surface area contributed by atoms with Gasteiger partial charge in [0.15, 0.2) is 0 Å². The Hall–Kier alpha value is -2.46. The molecule has 1 aromatic heterocycles. The lowest BCUT2D eigenvalue weighted by Crippen LogP contribution is -2.43. The van der Waals surface area contributed by atoms with Gasteiger partial charge in [-0.05, 0) is 65.9 Å². The molecule has 3 aliphatic rings. The van der Waals surface area contributed by atoms with Gasteiger partial charge in [-0.1, -0.05) is 24.3 Å². The molecule has 10 heteroatoms. The number of aromatic nitrogens is 2. The van der Waals surface area contributed by atoms with Crippen LogP contribution in [0.25, 0.3) is 11.3 Å². The van der Waals surface area contributed by atoms with Gasteiger partial charge in [0.2, 0.25) is 0 Å². The summed E-state index contributed by atoms with van der Waals surface area (Å²) >= 11 is 0. The molecule has 3 heterocycles. The number of benzene rings is 1. The summed E-state index contributed by atoms with van der Waals surface area (Å²) in [6.07, 6.45) is 1.02. The van der Waals surface area contributed by atoms with E-state index < -0.39 is 53.9 Å². The monoisotopic (exact) mass is 487 g/mol. The number of nitrogens with zero attached hydrogens (tertiary/aromatic N) is 2. The van der Waals surface area contributed by atoms with Gasteiger partial charge in [-0.15, -0.1) is 0 Å². The summed E-state index contributed by atoms with van der Waals surface area (Å²) in [7, 11) is -0.472. The number of aromatic amines is 1. The van der Waals surface area contributed by atoms with Crippen molar-refractivity contribution in [2.75, 3.05) is 6.54 Å². The molecule has 0 radical (unpaired) electrons. The molecule has 188 valence electrons. The van der Waals surface area contributed by atoms with Crippen molar-refractivity contribution in [3.05, 3.63) is 36.3 Å². The van der Waals surface area contributed by atoms with Crippen LogP contribution < -0.4 is 5.46 Å². The summed E-state index contributed by atoms with van der Waals surface area (Å²) in [6, 6.07) is 7.67. The largest absolute Gasteiger partial charge is 0.494 e. The Morgan fingerprint density at radius 3 is 2.29 bits per heavy atom. The number of H-pyrrole nitrogens is 1. The number of carbonyl (C=O) groups is 1. The van der Waals surface area contributed by atoms with Gasteiger partial charge in [0.1, 0.15) is 17.0 Å². The van der Waals surface area contributed by atoms with Crippen LogP contribution in [-0.4, -0.2) is 57.3 Å². The van der Waals surface area contributed by atoms with Crippen LogP contribution in [0.15, 0.2) is 30.5 Å². The molecule has 35 heavy (non-hydrogen) atoms. The van der Waals surface area contributed by atoms with E-state index in [1.165, 1.54) is 0 Å². The standard InChI is InChI=1S/C25H32BF2N3O4/c1-21(2,3)33-20(32)31-14-25(27,28)18-12-24(18,31)19-29-13-17(30-19)15-8-10-16(11-9-15)26-34-22(4,5)23(6,7)35-26/h8-11,13,18H,12,14H2,1-7H3,(H,29,30). The zero-order valence-electron chi connectivity index (χ0n) is 21.2. The predicted molar refractivity (Wildman–Crippen MR) is 127 cm³/mol. The second-order valence-electron chi connectivity index (χ2n) is 11.9. The van der Waals surface area contributed by atoms with Crippen LogP contribution in [0.5, 0.6) is 0 Å². The molecule has 7 nitrogen and oxygen atoms in total. The minimum atomic E-state index is -2.99. The Balaban J connectivity index is 1.38. The van der Waals surface area contributed by atoms with E-state index in [0.717, 1.165) is 15.9 Å². The molecule has 1 aliphatic carbocycles. The van der Waals surface area contributed by atoms with Crippen LogP contribution in [0, 0.1) is 5.92 Å². The smallest absolute Gasteiger partial charge is 0.444 e.